The first-order valence-electron chi connectivity index (χ1n) is 7.90. The summed E-state index contributed by atoms with van der Waals surface area (Å²) in [5, 5.41) is 0. The van der Waals surface area contributed by atoms with Crippen LogP contribution in [0.15, 0.2) is 6.07 Å². The smallest absolute Gasteiger partial charge is 0.134 e. The van der Waals surface area contributed by atoms with Crippen LogP contribution in [0, 0.1) is 5.92 Å². The number of rotatable bonds is 3. The van der Waals surface area contributed by atoms with Gasteiger partial charge in [0.2, 0.25) is 0 Å². The molecule has 2 atom stereocenters. The highest BCUT2D eigenvalue weighted by atomic mass is 15.0. The molecule has 0 spiro atoms. The Labute approximate surface area is 116 Å². The van der Waals surface area contributed by atoms with E-state index in [-0.39, 0.29) is 0 Å². The fraction of sp³-hybridized carbons (Fsp3) is 0.750. The second-order valence-corrected chi connectivity index (χ2v) is 6.34. The van der Waals surface area contributed by atoms with Crippen molar-refractivity contribution in [3.05, 3.63) is 17.6 Å². The molecule has 2 aliphatic carbocycles. The van der Waals surface area contributed by atoms with E-state index in [0.29, 0.717) is 17.7 Å². The summed E-state index contributed by atoms with van der Waals surface area (Å²) in [6, 6.07) is 2.01. The van der Waals surface area contributed by atoms with Gasteiger partial charge < -0.3 is 5.73 Å². The molecule has 104 valence electrons. The van der Waals surface area contributed by atoms with E-state index in [9.17, 15) is 0 Å². The van der Waals surface area contributed by atoms with Crippen molar-refractivity contribution in [1.82, 2.24) is 9.97 Å². The summed E-state index contributed by atoms with van der Waals surface area (Å²) in [4.78, 5) is 9.40. The first-order chi connectivity index (χ1) is 9.26. The molecular weight excluding hydrogens is 234 g/mol. The van der Waals surface area contributed by atoms with Crippen LogP contribution in [0.1, 0.15) is 81.6 Å². The third-order valence-corrected chi connectivity index (χ3v) is 5.04. The van der Waals surface area contributed by atoms with Crippen molar-refractivity contribution in [1.29, 1.82) is 0 Å². The van der Waals surface area contributed by atoms with Crippen molar-refractivity contribution in [2.75, 3.05) is 5.73 Å². The van der Waals surface area contributed by atoms with E-state index >= 15 is 0 Å². The van der Waals surface area contributed by atoms with E-state index in [1.807, 2.05) is 6.07 Å². The minimum absolute atomic E-state index is 0.550. The van der Waals surface area contributed by atoms with Gasteiger partial charge >= 0.3 is 0 Å². The van der Waals surface area contributed by atoms with Crippen LogP contribution in [0.3, 0.4) is 0 Å². The second-order valence-electron chi connectivity index (χ2n) is 6.34. The molecule has 2 fully saturated rings. The van der Waals surface area contributed by atoms with Crippen LogP contribution in [-0.2, 0) is 0 Å². The van der Waals surface area contributed by atoms with Crippen LogP contribution in [0.5, 0.6) is 0 Å². The van der Waals surface area contributed by atoms with Gasteiger partial charge in [-0.05, 0) is 38.0 Å². The largest absolute Gasteiger partial charge is 0.384 e. The number of nitrogens with zero attached hydrogens (tertiary/aromatic N) is 2. The van der Waals surface area contributed by atoms with Gasteiger partial charge in [0.15, 0.2) is 0 Å². The van der Waals surface area contributed by atoms with E-state index in [1.165, 1.54) is 57.1 Å². The summed E-state index contributed by atoms with van der Waals surface area (Å²) in [6.45, 7) is 2.29. The standard InChI is InChI=1S/C16H25N3/c1-2-11-7-8-13(9-11)16-18-14(10-15(17)19-16)12-5-3-4-6-12/h10-13H,2-9H2,1H3,(H2,17,18,19). The lowest BCUT2D eigenvalue weighted by molar-refractivity contribution is 0.515. The van der Waals surface area contributed by atoms with Gasteiger partial charge in [-0.1, -0.05) is 26.2 Å². The number of nitrogens with two attached hydrogens (primary N) is 1. The van der Waals surface area contributed by atoms with Crippen molar-refractivity contribution >= 4 is 5.82 Å². The molecule has 3 nitrogen and oxygen atoms in total. The van der Waals surface area contributed by atoms with E-state index in [2.05, 4.69) is 11.9 Å². The average molecular weight is 259 g/mol. The summed E-state index contributed by atoms with van der Waals surface area (Å²) >= 11 is 0. The van der Waals surface area contributed by atoms with Gasteiger partial charge in [-0.3, -0.25) is 0 Å². The number of hydrogen-bond donors (Lipinski definition) is 1. The lowest BCUT2D eigenvalue weighted by Crippen LogP contribution is -2.09. The highest BCUT2D eigenvalue weighted by molar-refractivity contribution is 5.32. The Kier molecular flexibility index (Phi) is 3.72. The Morgan fingerprint density at radius 2 is 1.89 bits per heavy atom. The summed E-state index contributed by atoms with van der Waals surface area (Å²) in [6.07, 6.45) is 10.3. The van der Waals surface area contributed by atoms with E-state index in [4.69, 9.17) is 10.7 Å². The Balaban J connectivity index is 1.81. The maximum absolute atomic E-state index is 6.01. The van der Waals surface area contributed by atoms with Crippen LogP contribution in [0.25, 0.3) is 0 Å². The molecule has 0 aromatic carbocycles. The van der Waals surface area contributed by atoms with Crippen molar-refractivity contribution in [2.45, 2.75) is 70.1 Å². The summed E-state index contributed by atoms with van der Waals surface area (Å²) in [5.41, 5.74) is 7.22. The molecule has 3 rings (SSSR count). The molecule has 0 saturated heterocycles. The molecule has 2 saturated carbocycles. The maximum atomic E-state index is 6.01. The molecule has 0 bridgehead atoms. The quantitative estimate of drug-likeness (QED) is 0.892. The Hall–Kier alpha value is -1.12. The lowest BCUT2D eigenvalue weighted by Gasteiger charge is -2.14. The van der Waals surface area contributed by atoms with Crippen molar-refractivity contribution in [2.24, 2.45) is 5.92 Å². The van der Waals surface area contributed by atoms with Gasteiger partial charge in [0.1, 0.15) is 11.6 Å². The van der Waals surface area contributed by atoms with E-state index in [1.54, 1.807) is 0 Å². The minimum atomic E-state index is 0.550. The molecule has 0 aliphatic heterocycles. The number of aromatic nitrogens is 2. The molecular formula is C16H25N3. The van der Waals surface area contributed by atoms with Gasteiger partial charge in [0, 0.05) is 23.6 Å². The van der Waals surface area contributed by atoms with Crippen LogP contribution in [0.2, 0.25) is 0 Å². The SMILES string of the molecule is CCC1CCC(c2nc(N)cc(C3CCCC3)n2)C1. The summed E-state index contributed by atoms with van der Waals surface area (Å²) in [7, 11) is 0. The molecule has 3 heteroatoms. The summed E-state index contributed by atoms with van der Waals surface area (Å²) in [5.74, 6) is 3.75. The maximum Gasteiger partial charge on any atom is 0.134 e. The lowest BCUT2D eigenvalue weighted by atomic mass is 10.0. The fourth-order valence-electron chi connectivity index (χ4n) is 3.80. The van der Waals surface area contributed by atoms with Crippen LogP contribution >= 0.6 is 0 Å². The predicted octanol–water partition coefficient (Wildman–Crippen LogP) is 4.01. The molecule has 0 amide bonds. The van der Waals surface area contributed by atoms with Gasteiger partial charge in [0.05, 0.1) is 0 Å². The molecule has 1 aromatic rings. The molecule has 0 radical (unpaired) electrons. The second kappa shape index (κ2) is 5.48. The highest BCUT2D eigenvalue weighted by Crippen LogP contribution is 2.40. The Morgan fingerprint density at radius 3 is 2.58 bits per heavy atom. The monoisotopic (exact) mass is 259 g/mol. The first kappa shape index (κ1) is 12.9. The van der Waals surface area contributed by atoms with Crippen LogP contribution < -0.4 is 5.73 Å². The molecule has 1 heterocycles. The summed E-state index contributed by atoms with van der Waals surface area (Å²) < 4.78 is 0. The number of anilines is 1. The van der Waals surface area contributed by atoms with Gasteiger partial charge in [0.25, 0.3) is 0 Å². The molecule has 2 aliphatic rings. The van der Waals surface area contributed by atoms with Gasteiger partial charge in [-0.25, -0.2) is 9.97 Å². The van der Waals surface area contributed by atoms with E-state index in [0.717, 1.165) is 11.7 Å². The van der Waals surface area contributed by atoms with Crippen molar-refractivity contribution < 1.29 is 0 Å². The third kappa shape index (κ3) is 2.75. The van der Waals surface area contributed by atoms with Gasteiger partial charge in [-0.15, -0.1) is 0 Å². The normalized spacial score (nSPS) is 28.1. The van der Waals surface area contributed by atoms with Crippen molar-refractivity contribution in [3.8, 4) is 0 Å². The molecule has 19 heavy (non-hydrogen) atoms. The van der Waals surface area contributed by atoms with Crippen LogP contribution in [0.4, 0.5) is 5.82 Å². The zero-order valence-corrected chi connectivity index (χ0v) is 11.9. The highest BCUT2D eigenvalue weighted by Gasteiger charge is 2.28. The van der Waals surface area contributed by atoms with Gasteiger partial charge in [-0.2, -0.15) is 0 Å². The zero-order valence-electron chi connectivity index (χ0n) is 11.9. The van der Waals surface area contributed by atoms with E-state index < -0.39 is 0 Å². The molecule has 2 N–H and O–H groups in total. The van der Waals surface area contributed by atoms with Crippen molar-refractivity contribution in [3.63, 3.8) is 0 Å². The minimum Gasteiger partial charge on any atom is -0.384 e. The van der Waals surface area contributed by atoms with Crippen LogP contribution in [-0.4, -0.2) is 9.97 Å². The predicted molar refractivity (Wildman–Crippen MR) is 78.0 cm³/mol. The number of hydrogen-bond acceptors (Lipinski definition) is 3. The average Bonchev–Trinajstić information content (AvgIpc) is 3.09. The topological polar surface area (TPSA) is 51.8 Å². The first-order valence-corrected chi connectivity index (χ1v) is 7.90. The Bertz CT molecular complexity index is 438. The molecule has 2 unspecified atom stereocenters. The third-order valence-electron chi connectivity index (χ3n) is 5.04. The zero-order chi connectivity index (χ0) is 13.2. The Morgan fingerprint density at radius 1 is 1.11 bits per heavy atom. The molecule has 1 aromatic heterocycles. The number of nitrogen functional groups attached to an aromatic ring is 1. The fourth-order valence-corrected chi connectivity index (χ4v) is 3.80.